The fourth-order valence-electron chi connectivity index (χ4n) is 5.41. The monoisotopic (exact) mass is 649 g/mol. The third-order valence-corrected chi connectivity index (χ3v) is 8.42. The highest BCUT2D eigenvalue weighted by Crippen LogP contribution is 2.11. The maximum absolute atomic E-state index is 11.7. The van der Waals surface area contributed by atoms with E-state index in [0.717, 1.165) is 38.8 Å². The molecule has 0 atom stereocenters. The highest BCUT2D eigenvalue weighted by molar-refractivity contribution is 5.75. The molecule has 0 aliphatic heterocycles. The predicted octanol–water partition coefficient (Wildman–Crippen LogP) is 12.2. The number of aliphatic carboxylic acids is 1. The van der Waals surface area contributed by atoms with Gasteiger partial charge in [-0.05, 0) is 91.3 Å². The Kier molecular flexibility index (Phi) is 41.9. The Labute approximate surface area is 287 Å². The third kappa shape index (κ3) is 46.8. The summed E-state index contributed by atoms with van der Waals surface area (Å²) in [4.78, 5) is 24.2. The Morgan fingerprint density at radius 3 is 1.22 bits per heavy atom. The summed E-state index contributed by atoms with van der Waals surface area (Å²) in [5.41, 5.74) is 0. The Hall–Kier alpha value is -1.62. The van der Waals surface area contributed by atoms with Crippen LogP contribution in [-0.2, 0) is 9.59 Å². The van der Waals surface area contributed by atoms with Crippen molar-refractivity contribution in [2.45, 2.75) is 200 Å². The topological polar surface area (TPSA) is 69.6 Å². The van der Waals surface area contributed by atoms with E-state index >= 15 is 0 Å². The predicted molar refractivity (Wildman–Crippen MR) is 203 cm³/mol. The molecule has 0 rings (SSSR count). The van der Waals surface area contributed by atoms with E-state index in [9.17, 15) is 9.59 Å². The lowest BCUT2D eigenvalue weighted by Gasteiger charge is -2.09. The highest BCUT2D eigenvalue weighted by atomic mass is 16.4. The third-order valence-electron chi connectivity index (χ3n) is 8.42. The van der Waals surface area contributed by atoms with Gasteiger partial charge in [-0.1, -0.05) is 141 Å². The number of hydrogen-bond donors (Lipinski definition) is 2. The molecule has 0 heterocycles. The van der Waals surface area contributed by atoms with Crippen LogP contribution in [0.2, 0.25) is 0 Å². The number of hydrogen-bond acceptors (Lipinski definition) is 3. The Bertz CT molecular complexity index is 675. The molecular formula is C41H80N2O3. The SMILES string of the molecule is CCCCCCCC/C=C\CCCCCCCC(=O)NCCCN(C)C.CCCCCCCC/C=C\CCCCCCCC(=O)O. The van der Waals surface area contributed by atoms with Crippen molar-refractivity contribution in [3.8, 4) is 0 Å². The van der Waals surface area contributed by atoms with Crippen molar-refractivity contribution < 1.29 is 14.7 Å². The standard InChI is InChI=1S/C23H46N2O.C18H34O2/c1-4-5-6-7-8-9-10-11-12-13-14-15-16-17-18-20-23(26)24-21-19-22-25(2)3;1-2-3-4-5-6-7-8-9-10-11-12-13-14-15-16-17-18(19)20/h11-12H,4-10,13-22H2,1-3H3,(H,24,26);9-10H,2-8,11-17H2,1H3,(H,19,20)/b12-11-;10-9-. The number of unbranched alkanes of at least 4 members (excludes halogenated alkanes) is 22. The fraction of sp³-hybridized carbons (Fsp3) is 0.854. The first kappa shape index (κ1) is 46.5. The van der Waals surface area contributed by atoms with Gasteiger partial charge in [-0.25, -0.2) is 0 Å². The van der Waals surface area contributed by atoms with Crippen LogP contribution in [0.4, 0.5) is 0 Å². The number of carboxylic acid groups (broad SMARTS) is 1. The van der Waals surface area contributed by atoms with E-state index in [1.807, 2.05) is 0 Å². The zero-order valence-corrected chi connectivity index (χ0v) is 31.4. The molecule has 0 bridgehead atoms. The minimum atomic E-state index is -0.664. The number of rotatable bonds is 34. The number of carboxylic acids is 1. The van der Waals surface area contributed by atoms with Crippen LogP contribution in [-0.4, -0.2) is 49.1 Å². The number of nitrogens with one attached hydrogen (secondary N) is 1. The quantitative estimate of drug-likeness (QED) is 0.0538. The largest absolute Gasteiger partial charge is 0.481 e. The molecule has 46 heavy (non-hydrogen) atoms. The van der Waals surface area contributed by atoms with Crippen LogP contribution in [0, 0.1) is 0 Å². The Balaban J connectivity index is 0. The molecule has 0 unspecified atom stereocenters. The molecule has 1 amide bonds. The van der Waals surface area contributed by atoms with Gasteiger partial charge in [-0.15, -0.1) is 0 Å². The lowest BCUT2D eigenvalue weighted by Crippen LogP contribution is -2.26. The minimum Gasteiger partial charge on any atom is -0.481 e. The van der Waals surface area contributed by atoms with Gasteiger partial charge < -0.3 is 15.3 Å². The van der Waals surface area contributed by atoms with Crippen molar-refractivity contribution in [1.82, 2.24) is 10.2 Å². The van der Waals surface area contributed by atoms with E-state index in [1.54, 1.807) is 0 Å². The summed E-state index contributed by atoms with van der Waals surface area (Å²) in [6, 6.07) is 0. The van der Waals surface area contributed by atoms with Crippen LogP contribution in [0.3, 0.4) is 0 Å². The number of carbonyl (C=O) groups is 2. The molecule has 5 nitrogen and oxygen atoms in total. The lowest BCUT2D eigenvalue weighted by atomic mass is 10.1. The first-order chi connectivity index (χ1) is 22.4. The van der Waals surface area contributed by atoms with Gasteiger partial charge in [0.1, 0.15) is 0 Å². The van der Waals surface area contributed by atoms with Gasteiger partial charge >= 0.3 is 5.97 Å². The van der Waals surface area contributed by atoms with Crippen LogP contribution in [0.25, 0.3) is 0 Å². The van der Waals surface area contributed by atoms with E-state index in [0.29, 0.717) is 12.8 Å². The van der Waals surface area contributed by atoms with Gasteiger partial charge in [0, 0.05) is 19.4 Å². The molecule has 272 valence electrons. The Morgan fingerprint density at radius 1 is 0.500 bits per heavy atom. The van der Waals surface area contributed by atoms with E-state index in [1.165, 1.54) is 148 Å². The number of amides is 1. The average Bonchev–Trinajstić information content (AvgIpc) is 3.03. The van der Waals surface area contributed by atoms with Gasteiger partial charge in [0.2, 0.25) is 5.91 Å². The molecule has 0 spiro atoms. The van der Waals surface area contributed by atoms with Crippen molar-refractivity contribution >= 4 is 11.9 Å². The second-order valence-corrected chi connectivity index (χ2v) is 13.6. The van der Waals surface area contributed by atoms with Crippen LogP contribution in [0.5, 0.6) is 0 Å². The smallest absolute Gasteiger partial charge is 0.303 e. The molecule has 0 saturated carbocycles. The number of carbonyl (C=O) groups excluding carboxylic acids is 1. The number of nitrogens with zero attached hydrogens (tertiary/aromatic N) is 1. The summed E-state index contributed by atoms with van der Waals surface area (Å²) in [7, 11) is 4.13. The average molecular weight is 649 g/mol. The summed E-state index contributed by atoms with van der Waals surface area (Å²) < 4.78 is 0. The highest BCUT2D eigenvalue weighted by Gasteiger charge is 2.01. The molecule has 0 radical (unpaired) electrons. The van der Waals surface area contributed by atoms with Gasteiger partial charge in [0.25, 0.3) is 0 Å². The molecule has 0 aliphatic carbocycles. The van der Waals surface area contributed by atoms with E-state index in [2.05, 4.69) is 62.5 Å². The second-order valence-electron chi connectivity index (χ2n) is 13.6. The summed E-state index contributed by atoms with van der Waals surface area (Å²) in [6.07, 6.45) is 44.6. The van der Waals surface area contributed by atoms with Crippen molar-refractivity contribution in [3.05, 3.63) is 24.3 Å². The molecule has 2 N–H and O–H groups in total. The molecular weight excluding hydrogens is 568 g/mol. The number of allylic oxidation sites excluding steroid dienone is 4. The maximum Gasteiger partial charge on any atom is 0.303 e. The second kappa shape index (κ2) is 41.4. The summed E-state index contributed by atoms with van der Waals surface area (Å²) in [6.45, 7) is 6.37. The minimum absolute atomic E-state index is 0.224. The van der Waals surface area contributed by atoms with Crippen molar-refractivity contribution in [2.75, 3.05) is 27.2 Å². The molecule has 0 fully saturated rings. The molecule has 0 aromatic rings. The first-order valence-electron chi connectivity index (χ1n) is 19.9. The van der Waals surface area contributed by atoms with Crippen molar-refractivity contribution in [2.24, 2.45) is 0 Å². The van der Waals surface area contributed by atoms with Gasteiger partial charge in [0.15, 0.2) is 0 Å². The van der Waals surface area contributed by atoms with Gasteiger partial charge in [0.05, 0.1) is 0 Å². The summed E-state index contributed by atoms with van der Waals surface area (Å²) in [5.74, 6) is -0.441. The van der Waals surface area contributed by atoms with Crippen molar-refractivity contribution in [3.63, 3.8) is 0 Å². The molecule has 0 aliphatic rings. The zero-order chi connectivity index (χ0) is 34.2. The van der Waals surface area contributed by atoms with Crippen LogP contribution in [0.1, 0.15) is 200 Å². The maximum atomic E-state index is 11.7. The molecule has 0 aromatic heterocycles. The van der Waals surface area contributed by atoms with E-state index in [-0.39, 0.29) is 5.91 Å². The Morgan fingerprint density at radius 2 is 0.848 bits per heavy atom. The molecule has 0 aromatic carbocycles. The molecule has 0 saturated heterocycles. The summed E-state index contributed by atoms with van der Waals surface area (Å²) in [5, 5.41) is 11.5. The normalized spacial score (nSPS) is 11.4. The van der Waals surface area contributed by atoms with E-state index in [4.69, 9.17) is 5.11 Å². The van der Waals surface area contributed by atoms with Crippen LogP contribution in [0.15, 0.2) is 24.3 Å². The van der Waals surface area contributed by atoms with Crippen LogP contribution < -0.4 is 5.32 Å². The summed E-state index contributed by atoms with van der Waals surface area (Å²) >= 11 is 0. The van der Waals surface area contributed by atoms with Crippen molar-refractivity contribution in [1.29, 1.82) is 0 Å². The zero-order valence-electron chi connectivity index (χ0n) is 31.4. The van der Waals surface area contributed by atoms with E-state index < -0.39 is 5.97 Å². The van der Waals surface area contributed by atoms with Gasteiger partial charge in [-0.3, -0.25) is 9.59 Å². The first-order valence-corrected chi connectivity index (χ1v) is 19.9. The molecule has 5 heteroatoms. The lowest BCUT2D eigenvalue weighted by molar-refractivity contribution is -0.137. The van der Waals surface area contributed by atoms with Crippen LogP contribution >= 0.6 is 0 Å². The van der Waals surface area contributed by atoms with Gasteiger partial charge in [-0.2, -0.15) is 0 Å². The fourth-order valence-corrected chi connectivity index (χ4v) is 5.41.